The first kappa shape index (κ1) is 18.4. The minimum absolute atomic E-state index is 0.161. The molecule has 7 heteroatoms. The van der Waals surface area contributed by atoms with E-state index < -0.39 is 17.9 Å². The number of carbonyl (C=O) groups excluding carboxylic acids is 2. The molecule has 7 nitrogen and oxygen atoms in total. The third-order valence-corrected chi connectivity index (χ3v) is 3.94. The second kappa shape index (κ2) is 10.2. The van der Waals surface area contributed by atoms with Crippen molar-refractivity contribution in [2.24, 2.45) is 5.92 Å². The third-order valence-electron chi connectivity index (χ3n) is 3.94. The topological polar surface area (TPSA) is 105 Å². The van der Waals surface area contributed by atoms with Crippen LogP contribution in [0.5, 0.6) is 0 Å². The summed E-state index contributed by atoms with van der Waals surface area (Å²) in [5, 5.41) is 13.9. The Balaban J connectivity index is 2.19. The second-order valence-electron chi connectivity index (χ2n) is 5.71. The van der Waals surface area contributed by atoms with Gasteiger partial charge >= 0.3 is 5.97 Å². The number of hydrogen-bond acceptors (Lipinski definition) is 4. The Morgan fingerprint density at radius 3 is 2.50 bits per heavy atom. The molecule has 0 bridgehead atoms. The van der Waals surface area contributed by atoms with Gasteiger partial charge in [0.2, 0.25) is 11.8 Å². The first-order chi connectivity index (χ1) is 10.5. The minimum Gasteiger partial charge on any atom is -0.480 e. The van der Waals surface area contributed by atoms with E-state index in [2.05, 4.69) is 10.6 Å². The van der Waals surface area contributed by atoms with E-state index >= 15 is 0 Å². The number of carboxylic acids is 1. The van der Waals surface area contributed by atoms with Crippen LogP contribution in [0.1, 0.15) is 44.9 Å². The maximum absolute atomic E-state index is 11.7. The molecule has 1 aliphatic rings. The first-order valence-electron chi connectivity index (χ1n) is 7.80. The summed E-state index contributed by atoms with van der Waals surface area (Å²) >= 11 is 0. The van der Waals surface area contributed by atoms with Gasteiger partial charge in [0, 0.05) is 26.6 Å². The lowest BCUT2D eigenvalue weighted by Crippen LogP contribution is -2.46. The molecule has 0 spiro atoms. The zero-order chi connectivity index (χ0) is 16.4. The molecule has 0 saturated heterocycles. The van der Waals surface area contributed by atoms with Gasteiger partial charge in [0.1, 0.15) is 6.04 Å². The lowest BCUT2D eigenvalue weighted by Gasteiger charge is -2.14. The number of hydrogen-bond donors (Lipinski definition) is 3. The number of carbonyl (C=O) groups is 3. The average molecular weight is 314 g/mol. The molecule has 0 aliphatic heterocycles. The summed E-state index contributed by atoms with van der Waals surface area (Å²) in [5.41, 5.74) is 0. The SMILES string of the molecule is COCCC(NC(=O)CNC(=O)CCC1CCCC1)C(=O)O. The summed E-state index contributed by atoms with van der Waals surface area (Å²) in [4.78, 5) is 34.3. The summed E-state index contributed by atoms with van der Waals surface area (Å²) in [7, 11) is 1.46. The molecule has 1 atom stereocenters. The number of amides is 2. The van der Waals surface area contributed by atoms with E-state index in [1.807, 2.05) is 0 Å². The summed E-state index contributed by atoms with van der Waals surface area (Å²) in [6.45, 7) is 0.0469. The average Bonchev–Trinajstić information content (AvgIpc) is 3.00. The highest BCUT2D eigenvalue weighted by molar-refractivity contribution is 5.87. The van der Waals surface area contributed by atoms with E-state index in [9.17, 15) is 14.4 Å². The fourth-order valence-corrected chi connectivity index (χ4v) is 2.64. The van der Waals surface area contributed by atoms with E-state index in [1.54, 1.807) is 0 Å². The Hall–Kier alpha value is -1.63. The van der Waals surface area contributed by atoms with Gasteiger partial charge in [0.25, 0.3) is 0 Å². The van der Waals surface area contributed by atoms with Crippen LogP contribution in [0.25, 0.3) is 0 Å². The molecule has 1 aliphatic carbocycles. The fraction of sp³-hybridized carbons (Fsp3) is 0.800. The Morgan fingerprint density at radius 1 is 1.23 bits per heavy atom. The van der Waals surface area contributed by atoms with Gasteiger partial charge in [0.05, 0.1) is 6.54 Å². The first-order valence-corrected chi connectivity index (χ1v) is 7.80. The van der Waals surface area contributed by atoms with Gasteiger partial charge in [-0.25, -0.2) is 4.79 Å². The van der Waals surface area contributed by atoms with Gasteiger partial charge in [-0.1, -0.05) is 25.7 Å². The van der Waals surface area contributed by atoms with Crippen LogP contribution in [-0.4, -0.2) is 49.2 Å². The van der Waals surface area contributed by atoms with Crippen LogP contribution in [0, 0.1) is 5.92 Å². The molecular weight excluding hydrogens is 288 g/mol. The van der Waals surface area contributed by atoms with E-state index in [-0.39, 0.29) is 25.5 Å². The molecule has 126 valence electrons. The maximum atomic E-state index is 11.7. The highest BCUT2D eigenvalue weighted by atomic mass is 16.5. The Morgan fingerprint density at radius 2 is 1.91 bits per heavy atom. The fourth-order valence-electron chi connectivity index (χ4n) is 2.64. The molecule has 0 aromatic carbocycles. The largest absolute Gasteiger partial charge is 0.480 e. The van der Waals surface area contributed by atoms with Gasteiger partial charge in [-0.3, -0.25) is 9.59 Å². The van der Waals surface area contributed by atoms with Crippen molar-refractivity contribution in [2.45, 2.75) is 51.0 Å². The van der Waals surface area contributed by atoms with Crippen molar-refractivity contribution in [2.75, 3.05) is 20.3 Å². The molecule has 22 heavy (non-hydrogen) atoms. The predicted octanol–water partition coefficient (Wildman–Crippen LogP) is 0.679. The molecule has 1 rings (SSSR count). The van der Waals surface area contributed by atoms with Gasteiger partial charge < -0.3 is 20.5 Å². The highest BCUT2D eigenvalue weighted by Gasteiger charge is 2.20. The van der Waals surface area contributed by atoms with Crippen LogP contribution in [0.2, 0.25) is 0 Å². The minimum atomic E-state index is -1.11. The van der Waals surface area contributed by atoms with Crippen molar-refractivity contribution < 1.29 is 24.2 Å². The third kappa shape index (κ3) is 7.40. The number of methoxy groups -OCH3 is 1. The van der Waals surface area contributed by atoms with Gasteiger partial charge in [0.15, 0.2) is 0 Å². The normalized spacial score (nSPS) is 16.2. The van der Waals surface area contributed by atoms with E-state index in [4.69, 9.17) is 9.84 Å². The Labute approximate surface area is 130 Å². The molecule has 1 saturated carbocycles. The van der Waals surface area contributed by atoms with Crippen molar-refractivity contribution in [1.29, 1.82) is 0 Å². The maximum Gasteiger partial charge on any atom is 0.326 e. The second-order valence-corrected chi connectivity index (χ2v) is 5.71. The molecule has 1 unspecified atom stereocenters. The summed E-state index contributed by atoms with van der Waals surface area (Å²) in [6.07, 6.45) is 6.33. The van der Waals surface area contributed by atoms with Crippen molar-refractivity contribution in [3.05, 3.63) is 0 Å². The standard InChI is InChI=1S/C15H26N2O5/c1-22-9-8-12(15(20)21)17-14(19)10-16-13(18)7-6-11-4-2-3-5-11/h11-12H,2-10H2,1H3,(H,16,18)(H,17,19)(H,20,21). The van der Waals surface area contributed by atoms with Gasteiger partial charge in [-0.15, -0.1) is 0 Å². The zero-order valence-corrected chi connectivity index (χ0v) is 13.1. The van der Waals surface area contributed by atoms with E-state index in [0.717, 1.165) is 6.42 Å². The Kier molecular flexibility index (Phi) is 8.50. The van der Waals surface area contributed by atoms with Crippen molar-refractivity contribution in [3.8, 4) is 0 Å². The molecule has 0 radical (unpaired) electrons. The monoisotopic (exact) mass is 314 g/mol. The van der Waals surface area contributed by atoms with E-state index in [1.165, 1.54) is 32.8 Å². The molecule has 2 amide bonds. The number of aliphatic carboxylic acids is 1. The van der Waals surface area contributed by atoms with Crippen LogP contribution in [0.3, 0.4) is 0 Å². The van der Waals surface area contributed by atoms with E-state index in [0.29, 0.717) is 12.3 Å². The number of ether oxygens (including phenoxy) is 1. The Bertz CT molecular complexity index is 380. The van der Waals surface area contributed by atoms with Crippen LogP contribution in [-0.2, 0) is 19.1 Å². The summed E-state index contributed by atoms with van der Waals surface area (Å²) < 4.78 is 4.80. The molecule has 3 N–H and O–H groups in total. The van der Waals surface area contributed by atoms with Crippen LogP contribution in [0.4, 0.5) is 0 Å². The smallest absolute Gasteiger partial charge is 0.326 e. The van der Waals surface area contributed by atoms with Crippen LogP contribution >= 0.6 is 0 Å². The molecular formula is C15H26N2O5. The lowest BCUT2D eigenvalue weighted by molar-refractivity contribution is -0.142. The van der Waals surface area contributed by atoms with Crippen LogP contribution in [0.15, 0.2) is 0 Å². The quantitative estimate of drug-likeness (QED) is 0.550. The predicted molar refractivity (Wildman–Crippen MR) is 80.3 cm³/mol. The molecule has 0 heterocycles. The molecule has 0 aromatic rings. The van der Waals surface area contributed by atoms with Crippen LogP contribution < -0.4 is 10.6 Å². The number of nitrogens with one attached hydrogen (secondary N) is 2. The number of carboxylic acid groups (broad SMARTS) is 1. The van der Waals surface area contributed by atoms with Gasteiger partial charge in [-0.2, -0.15) is 0 Å². The molecule has 0 aromatic heterocycles. The van der Waals surface area contributed by atoms with Gasteiger partial charge in [-0.05, 0) is 12.3 Å². The highest BCUT2D eigenvalue weighted by Crippen LogP contribution is 2.28. The van der Waals surface area contributed by atoms with Crippen molar-refractivity contribution >= 4 is 17.8 Å². The summed E-state index contributed by atoms with van der Waals surface area (Å²) in [6, 6.07) is -0.997. The lowest BCUT2D eigenvalue weighted by atomic mass is 10.0. The summed E-state index contributed by atoms with van der Waals surface area (Å²) in [5.74, 6) is -1.15. The molecule has 1 fully saturated rings. The zero-order valence-electron chi connectivity index (χ0n) is 13.1. The van der Waals surface area contributed by atoms with Crippen molar-refractivity contribution in [1.82, 2.24) is 10.6 Å². The van der Waals surface area contributed by atoms with Crippen molar-refractivity contribution in [3.63, 3.8) is 0 Å². The number of rotatable bonds is 10.